The van der Waals surface area contributed by atoms with Gasteiger partial charge in [-0.3, -0.25) is 9.36 Å². The Morgan fingerprint density at radius 2 is 2.00 bits per heavy atom. The van der Waals surface area contributed by atoms with Crippen LogP contribution in [0.4, 0.5) is 5.82 Å². The molecule has 1 saturated heterocycles. The Hall–Kier alpha value is -3.81. The minimum absolute atomic E-state index is 0.205. The molecule has 1 aliphatic heterocycles. The van der Waals surface area contributed by atoms with Gasteiger partial charge in [0.2, 0.25) is 5.91 Å². The number of aliphatic carboxylic acids is 1. The maximum absolute atomic E-state index is 12.8. The van der Waals surface area contributed by atoms with Crippen LogP contribution >= 0.6 is 0 Å². The standard InChI is InChI=1S/C21H25N7O6/c1-23-17-14-18(25-8-24-17)28(9-26-14)20-15(29)13(16(34-20)21(31)32)27-19(30)12(22)7-10-3-5-11(33-2)6-4-10/h3-6,8-9,12-13,15-16,20,29H,7,22H2,1-2H3,(H,27,30)(H,31,32)(H,23,24,25)/t12-,13-,15+,16-,20+/m0/s1. The average Bonchev–Trinajstić information content (AvgIpc) is 3.40. The number of ether oxygens (including phenoxy) is 2. The lowest BCUT2D eigenvalue weighted by Crippen LogP contribution is -2.54. The molecule has 2 aromatic heterocycles. The van der Waals surface area contributed by atoms with Gasteiger partial charge in [-0.2, -0.15) is 0 Å². The second-order valence-corrected chi connectivity index (χ2v) is 7.77. The van der Waals surface area contributed by atoms with Gasteiger partial charge in [0.05, 0.1) is 25.5 Å². The highest BCUT2D eigenvalue weighted by Crippen LogP contribution is 2.32. The van der Waals surface area contributed by atoms with E-state index in [0.29, 0.717) is 22.7 Å². The van der Waals surface area contributed by atoms with Crippen molar-refractivity contribution in [2.75, 3.05) is 19.5 Å². The van der Waals surface area contributed by atoms with Crippen LogP contribution in [0.3, 0.4) is 0 Å². The summed E-state index contributed by atoms with van der Waals surface area (Å²) in [4.78, 5) is 37.1. The topological polar surface area (TPSA) is 187 Å². The number of hydrogen-bond acceptors (Lipinski definition) is 10. The number of imidazole rings is 1. The maximum Gasteiger partial charge on any atom is 0.335 e. The largest absolute Gasteiger partial charge is 0.497 e. The molecule has 180 valence electrons. The maximum atomic E-state index is 12.8. The number of carbonyl (C=O) groups excluding carboxylic acids is 1. The fourth-order valence-electron chi connectivity index (χ4n) is 3.88. The zero-order valence-electron chi connectivity index (χ0n) is 18.5. The van der Waals surface area contributed by atoms with Crippen molar-refractivity contribution in [3.05, 3.63) is 42.5 Å². The number of methoxy groups -OCH3 is 1. The summed E-state index contributed by atoms with van der Waals surface area (Å²) in [6.45, 7) is 0. The number of carboxylic acids is 1. The normalized spacial score (nSPS) is 22.9. The number of hydrogen-bond donors (Lipinski definition) is 5. The molecule has 0 saturated carbocycles. The number of rotatable bonds is 8. The Morgan fingerprint density at radius 1 is 1.26 bits per heavy atom. The van der Waals surface area contributed by atoms with Gasteiger partial charge in [-0.1, -0.05) is 12.1 Å². The number of aliphatic hydroxyl groups is 1. The minimum Gasteiger partial charge on any atom is -0.497 e. The van der Waals surface area contributed by atoms with Crippen LogP contribution in [-0.2, 0) is 20.7 Å². The quantitative estimate of drug-likeness (QED) is 0.279. The number of nitrogens with one attached hydrogen (secondary N) is 2. The number of carboxylic acid groups (broad SMARTS) is 1. The summed E-state index contributed by atoms with van der Waals surface area (Å²) >= 11 is 0. The summed E-state index contributed by atoms with van der Waals surface area (Å²) in [6, 6.07) is 4.83. The summed E-state index contributed by atoms with van der Waals surface area (Å²) in [5.41, 5.74) is 7.59. The molecule has 0 aliphatic carbocycles. The first-order valence-corrected chi connectivity index (χ1v) is 10.4. The molecule has 1 aliphatic rings. The lowest BCUT2D eigenvalue weighted by molar-refractivity contribution is -0.152. The average molecular weight is 471 g/mol. The summed E-state index contributed by atoms with van der Waals surface area (Å²) in [7, 11) is 3.22. The number of benzene rings is 1. The van der Waals surface area contributed by atoms with Crippen molar-refractivity contribution in [2.24, 2.45) is 5.73 Å². The van der Waals surface area contributed by atoms with Gasteiger partial charge in [0.25, 0.3) is 0 Å². The van der Waals surface area contributed by atoms with Gasteiger partial charge in [-0.25, -0.2) is 19.7 Å². The van der Waals surface area contributed by atoms with E-state index in [1.807, 2.05) is 0 Å². The Balaban J connectivity index is 1.52. The van der Waals surface area contributed by atoms with E-state index in [1.165, 1.54) is 17.2 Å². The Labute approximate surface area is 193 Å². The molecule has 0 unspecified atom stereocenters. The Bertz CT molecular complexity index is 1180. The highest BCUT2D eigenvalue weighted by Gasteiger charge is 2.49. The van der Waals surface area contributed by atoms with Crippen molar-refractivity contribution in [2.45, 2.75) is 36.9 Å². The highest BCUT2D eigenvalue weighted by molar-refractivity contribution is 5.84. The molecule has 34 heavy (non-hydrogen) atoms. The second-order valence-electron chi connectivity index (χ2n) is 7.77. The van der Waals surface area contributed by atoms with Gasteiger partial charge in [-0.05, 0) is 24.1 Å². The number of nitrogens with zero attached hydrogens (tertiary/aromatic N) is 4. The molecule has 3 aromatic rings. The van der Waals surface area contributed by atoms with Gasteiger partial charge < -0.3 is 36.1 Å². The van der Waals surface area contributed by atoms with Crippen molar-refractivity contribution >= 4 is 28.9 Å². The molecular formula is C21H25N7O6. The molecule has 1 fully saturated rings. The van der Waals surface area contributed by atoms with Crippen molar-refractivity contribution < 1.29 is 29.3 Å². The first-order chi connectivity index (χ1) is 16.3. The number of carbonyl (C=O) groups is 2. The predicted octanol–water partition coefficient (Wildman–Crippen LogP) is -0.726. The molecule has 1 amide bonds. The Morgan fingerprint density at radius 3 is 2.65 bits per heavy atom. The molecule has 0 bridgehead atoms. The third-order valence-electron chi connectivity index (χ3n) is 5.65. The highest BCUT2D eigenvalue weighted by atomic mass is 16.6. The van der Waals surface area contributed by atoms with E-state index < -0.39 is 42.4 Å². The molecule has 0 radical (unpaired) electrons. The van der Waals surface area contributed by atoms with E-state index in [1.54, 1.807) is 38.4 Å². The molecule has 0 spiro atoms. The molecule has 4 rings (SSSR count). The molecule has 3 heterocycles. The number of aliphatic hydroxyl groups excluding tert-OH is 1. The molecule has 5 atom stereocenters. The number of fused-ring (bicyclic) bond motifs is 1. The van der Waals surface area contributed by atoms with Gasteiger partial charge in [0, 0.05) is 7.05 Å². The number of aromatic nitrogens is 4. The molecule has 13 heteroatoms. The van der Waals surface area contributed by atoms with Crippen molar-refractivity contribution in [3.8, 4) is 5.75 Å². The van der Waals surface area contributed by atoms with Gasteiger partial charge in [0.1, 0.15) is 23.7 Å². The van der Waals surface area contributed by atoms with Crippen molar-refractivity contribution in [1.29, 1.82) is 0 Å². The zero-order valence-corrected chi connectivity index (χ0v) is 18.5. The van der Waals surface area contributed by atoms with E-state index in [0.717, 1.165) is 5.56 Å². The smallest absolute Gasteiger partial charge is 0.335 e. The van der Waals surface area contributed by atoms with E-state index in [4.69, 9.17) is 15.2 Å². The fourth-order valence-corrected chi connectivity index (χ4v) is 3.88. The molecule has 6 N–H and O–H groups in total. The summed E-state index contributed by atoms with van der Waals surface area (Å²) in [6.07, 6.45) is -1.21. The monoisotopic (exact) mass is 471 g/mol. The number of anilines is 1. The first kappa shape index (κ1) is 23.4. The van der Waals surface area contributed by atoms with Gasteiger partial charge in [-0.15, -0.1) is 0 Å². The van der Waals surface area contributed by atoms with Gasteiger partial charge in [0.15, 0.2) is 23.8 Å². The van der Waals surface area contributed by atoms with E-state index in [-0.39, 0.29) is 6.42 Å². The number of nitrogens with two attached hydrogens (primary N) is 1. The van der Waals surface area contributed by atoms with Crippen molar-refractivity contribution in [3.63, 3.8) is 0 Å². The second kappa shape index (κ2) is 9.59. The summed E-state index contributed by atoms with van der Waals surface area (Å²) in [5, 5.41) is 26.0. The van der Waals surface area contributed by atoms with E-state index in [2.05, 4.69) is 25.6 Å². The van der Waals surface area contributed by atoms with E-state index in [9.17, 15) is 19.8 Å². The lowest BCUT2D eigenvalue weighted by atomic mass is 10.0. The van der Waals surface area contributed by atoms with Crippen LogP contribution in [0.5, 0.6) is 5.75 Å². The van der Waals surface area contributed by atoms with E-state index >= 15 is 0 Å². The SMILES string of the molecule is CNc1ncnc2c1ncn2[C@@H]1O[C@H](C(=O)O)[C@@H](NC(=O)[C@@H](N)Cc2ccc(OC)cc2)[C@H]1O. The van der Waals surface area contributed by atoms with Crippen LogP contribution in [-0.4, -0.2) is 80.1 Å². The zero-order chi connectivity index (χ0) is 24.4. The predicted molar refractivity (Wildman–Crippen MR) is 119 cm³/mol. The third-order valence-corrected chi connectivity index (χ3v) is 5.65. The third kappa shape index (κ3) is 4.35. The van der Waals surface area contributed by atoms with Crippen LogP contribution < -0.4 is 21.1 Å². The molecular weight excluding hydrogens is 446 g/mol. The molecule has 1 aromatic carbocycles. The fraction of sp³-hybridized carbons (Fsp3) is 0.381. The number of amides is 1. The van der Waals surface area contributed by atoms with Crippen LogP contribution in [0.25, 0.3) is 11.2 Å². The summed E-state index contributed by atoms with van der Waals surface area (Å²) in [5.74, 6) is -0.834. The van der Waals surface area contributed by atoms with Crippen LogP contribution in [0, 0.1) is 0 Å². The van der Waals surface area contributed by atoms with Crippen LogP contribution in [0.15, 0.2) is 36.9 Å². The minimum atomic E-state index is -1.51. The lowest BCUT2D eigenvalue weighted by Gasteiger charge is -2.22. The van der Waals surface area contributed by atoms with Crippen LogP contribution in [0.1, 0.15) is 11.8 Å². The van der Waals surface area contributed by atoms with Crippen LogP contribution in [0.2, 0.25) is 0 Å². The van der Waals surface area contributed by atoms with Crippen molar-refractivity contribution in [1.82, 2.24) is 24.8 Å². The van der Waals surface area contributed by atoms with Gasteiger partial charge >= 0.3 is 5.97 Å². The summed E-state index contributed by atoms with van der Waals surface area (Å²) < 4.78 is 12.1. The Kier molecular flexibility index (Phi) is 6.58. The first-order valence-electron chi connectivity index (χ1n) is 10.4. The molecule has 13 nitrogen and oxygen atoms in total.